The number of piperazine rings is 1. The molecule has 0 bridgehead atoms. The van der Waals surface area contributed by atoms with Crippen molar-refractivity contribution < 1.29 is 4.74 Å². The third kappa shape index (κ3) is 2.47. The maximum absolute atomic E-state index is 5.52. The van der Waals surface area contributed by atoms with E-state index in [1.54, 1.807) is 0 Å². The van der Waals surface area contributed by atoms with Gasteiger partial charge in [-0.15, -0.1) is 0 Å². The maximum Gasteiger partial charge on any atom is 0.0634 e. The van der Waals surface area contributed by atoms with E-state index in [1.807, 2.05) is 0 Å². The summed E-state index contributed by atoms with van der Waals surface area (Å²) in [6, 6.07) is 0.663. The second kappa shape index (κ2) is 4.60. The quantitative estimate of drug-likeness (QED) is 0.648. The van der Waals surface area contributed by atoms with Crippen LogP contribution in [0.5, 0.6) is 0 Å². The van der Waals surface area contributed by atoms with Crippen molar-refractivity contribution in [3.63, 3.8) is 0 Å². The molecule has 2 rings (SSSR count). The van der Waals surface area contributed by atoms with E-state index in [0.717, 1.165) is 25.7 Å². The Labute approximate surface area is 87.0 Å². The van der Waals surface area contributed by atoms with E-state index in [2.05, 4.69) is 23.6 Å². The smallest absolute Gasteiger partial charge is 0.0634 e. The predicted molar refractivity (Wildman–Crippen MR) is 57.5 cm³/mol. The van der Waals surface area contributed by atoms with Gasteiger partial charge < -0.3 is 9.64 Å². The Kier molecular flexibility index (Phi) is 3.42. The fourth-order valence-corrected chi connectivity index (χ4v) is 2.49. The monoisotopic (exact) mass is 198 g/mol. The summed E-state index contributed by atoms with van der Waals surface area (Å²) in [5, 5.41) is 0. The number of rotatable bonds is 2. The Hall–Kier alpha value is -0.120. The molecule has 0 aromatic carbocycles. The van der Waals surface area contributed by atoms with E-state index in [-0.39, 0.29) is 0 Å². The molecule has 2 aliphatic rings. The molecular formula is C11H22N2O. The first-order valence-corrected chi connectivity index (χ1v) is 5.80. The Morgan fingerprint density at radius 1 is 1.29 bits per heavy atom. The summed E-state index contributed by atoms with van der Waals surface area (Å²) in [6.45, 7) is 12.5. The van der Waals surface area contributed by atoms with Gasteiger partial charge >= 0.3 is 0 Å². The lowest BCUT2D eigenvalue weighted by molar-refractivity contribution is -0.0462. The molecule has 0 N–H and O–H groups in total. The summed E-state index contributed by atoms with van der Waals surface area (Å²) in [6.07, 6.45) is 0. The Morgan fingerprint density at radius 2 is 2.14 bits per heavy atom. The van der Waals surface area contributed by atoms with Crippen molar-refractivity contribution in [1.82, 2.24) is 9.80 Å². The number of morpholine rings is 1. The Morgan fingerprint density at radius 3 is 2.93 bits per heavy atom. The number of hydrogen-bond donors (Lipinski definition) is 0. The zero-order valence-corrected chi connectivity index (χ0v) is 9.41. The molecule has 2 fully saturated rings. The zero-order valence-electron chi connectivity index (χ0n) is 9.41. The van der Waals surface area contributed by atoms with Crippen LogP contribution in [0.25, 0.3) is 0 Å². The molecule has 0 spiro atoms. The van der Waals surface area contributed by atoms with Crippen LogP contribution in [0.15, 0.2) is 0 Å². The van der Waals surface area contributed by atoms with Gasteiger partial charge in [0, 0.05) is 38.8 Å². The van der Waals surface area contributed by atoms with E-state index in [4.69, 9.17) is 4.74 Å². The van der Waals surface area contributed by atoms with Crippen LogP contribution in [-0.4, -0.2) is 61.8 Å². The highest BCUT2D eigenvalue weighted by Crippen LogP contribution is 2.14. The lowest BCUT2D eigenvalue weighted by Gasteiger charge is -2.44. The van der Waals surface area contributed by atoms with Crippen LogP contribution >= 0.6 is 0 Å². The molecule has 2 aliphatic heterocycles. The molecule has 0 aliphatic carbocycles. The van der Waals surface area contributed by atoms with Gasteiger partial charge in [0.1, 0.15) is 0 Å². The molecule has 2 saturated heterocycles. The topological polar surface area (TPSA) is 15.7 Å². The van der Waals surface area contributed by atoms with Crippen molar-refractivity contribution in [2.24, 2.45) is 5.92 Å². The molecule has 0 unspecified atom stereocenters. The Bertz CT molecular complexity index is 184. The largest absolute Gasteiger partial charge is 0.378 e. The molecule has 0 aromatic heterocycles. The van der Waals surface area contributed by atoms with E-state index in [9.17, 15) is 0 Å². The summed E-state index contributed by atoms with van der Waals surface area (Å²) in [7, 11) is 0. The van der Waals surface area contributed by atoms with Crippen LogP contribution in [0.2, 0.25) is 0 Å². The minimum Gasteiger partial charge on any atom is -0.378 e. The summed E-state index contributed by atoms with van der Waals surface area (Å²) >= 11 is 0. The standard InChI is InChI=1S/C11H22N2O/c1-10(2)7-12-3-4-13-5-6-14-9-11(13)8-12/h10-11H,3-9H2,1-2H3/t11-/m0/s1. The third-order valence-electron chi connectivity index (χ3n) is 3.15. The van der Waals surface area contributed by atoms with Gasteiger partial charge in [0.2, 0.25) is 0 Å². The molecule has 3 nitrogen and oxygen atoms in total. The van der Waals surface area contributed by atoms with Crippen molar-refractivity contribution >= 4 is 0 Å². The average Bonchev–Trinajstić information content (AvgIpc) is 2.17. The lowest BCUT2D eigenvalue weighted by Crippen LogP contribution is -2.58. The van der Waals surface area contributed by atoms with Crippen LogP contribution < -0.4 is 0 Å². The highest BCUT2D eigenvalue weighted by Gasteiger charge is 2.29. The van der Waals surface area contributed by atoms with Gasteiger partial charge in [-0.3, -0.25) is 4.90 Å². The molecule has 14 heavy (non-hydrogen) atoms. The minimum atomic E-state index is 0.663. The number of nitrogens with zero attached hydrogens (tertiary/aromatic N) is 2. The second-order valence-corrected chi connectivity index (χ2v) is 4.92. The molecule has 2 heterocycles. The van der Waals surface area contributed by atoms with Crippen molar-refractivity contribution in [2.45, 2.75) is 19.9 Å². The summed E-state index contributed by atoms with van der Waals surface area (Å²) in [4.78, 5) is 5.17. The van der Waals surface area contributed by atoms with Crippen LogP contribution in [0, 0.1) is 5.92 Å². The van der Waals surface area contributed by atoms with Gasteiger partial charge in [0.05, 0.1) is 13.2 Å². The first-order chi connectivity index (χ1) is 6.75. The van der Waals surface area contributed by atoms with E-state index < -0.39 is 0 Å². The summed E-state index contributed by atoms with van der Waals surface area (Å²) < 4.78 is 5.52. The van der Waals surface area contributed by atoms with Crippen LogP contribution in [0.1, 0.15) is 13.8 Å². The minimum absolute atomic E-state index is 0.663. The Balaban J connectivity index is 1.83. The third-order valence-corrected chi connectivity index (χ3v) is 3.15. The average molecular weight is 198 g/mol. The molecule has 0 amide bonds. The SMILES string of the molecule is CC(C)CN1CCN2CCOC[C@@H]2C1. The first kappa shape index (κ1) is 10.4. The van der Waals surface area contributed by atoms with E-state index in [1.165, 1.54) is 26.2 Å². The first-order valence-electron chi connectivity index (χ1n) is 5.80. The van der Waals surface area contributed by atoms with E-state index >= 15 is 0 Å². The normalized spacial score (nSPS) is 30.6. The summed E-state index contributed by atoms with van der Waals surface area (Å²) in [5.41, 5.74) is 0. The number of fused-ring (bicyclic) bond motifs is 1. The van der Waals surface area contributed by atoms with Crippen LogP contribution in [-0.2, 0) is 4.74 Å². The second-order valence-electron chi connectivity index (χ2n) is 4.92. The van der Waals surface area contributed by atoms with Crippen molar-refractivity contribution in [3.05, 3.63) is 0 Å². The number of hydrogen-bond acceptors (Lipinski definition) is 3. The molecule has 82 valence electrons. The van der Waals surface area contributed by atoms with Crippen LogP contribution in [0.3, 0.4) is 0 Å². The molecule has 3 heteroatoms. The zero-order chi connectivity index (χ0) is 9.97. The van der Waals surface area contributed by atoms with E-state index in [0.29, 0.717) is 6.04 Å². The van der Waals surface area contributed by atoms with Gasteiger partial charge in [-0.25, -0.2) is 0 Å². The van der Waals surface area contributed by atoms with Crippen molar-refractivity contribution in [2.75, 3.05) is 45.9 Å². The van der Waals surface area contributed by atoms with Gasteiger partial charge in [-0.2, -0.15) is 0 Å². The fraction of sp³-hybridized carbons (Fsp3) is 1.00. The van der Waals surface area contributed by atoms with Crippen molar-refractivity contribution in [3.8, 4) is 0 Å². The number of ether oxygens (including phenoxy) is 1. The van der Waals surface area contributed by atoms with Gasteiger partial charge in [-0.1, -0.05) is 13.8 Å². The molecule has 1 atom stereocenters. The van der Waals surface area contributed by atoms with Crippen LogP contribution in [0.4, 0.5) is 0 Å². The van der Waals surface area contributed by atoms with Gasteiger partial charge in [-0.05, 0) is 5.92 Å². The van der Waals surface area contributed by atoms with Crippen molar-refractivity contribution in [1.29, 1.82) is 0 Å². The fourth-order valence-electron chi connectivity index (χ4n) is 2.49. The molecular weight excluding hydrogens is 176 g/mol. The predicted octanol–water partition coefficient (Wildman–Crippen LogP) is 0.659. The summed E-state index contributed by atoms with van der Waals surface area (Å²) in [5.74, 6) is 0.783. The molecule has 0 saturated carbocycles. The van der Waals surface area contributed by atoms with Gasteiger partial charge in [0.15, 0.2) is 0 Å². The lowest BCUT2D eigenvalue weighted by atomic mass is 10.1. The maximum atomic E-state index is 5.52. The van der Waals surface area contributed by atoms with Gasteiger partial charge in [0.25, 0.3) is 0 Å². The molecule has 0 aromatic rings. The molecule has 0 radical (unpaired) electrons. The highest BCUT2D eigenvalue weighted by molar-refractivity contribution is 4.84. The highest BCUT2D eigenvalue weighted by atomic mass is 16.5.